The summed E-state index contributed by atoms with van der Waals surface area (Å²) >= 11 is 0. The van der Waals surface area contributed by atoms with Crippen LogP contribution in [0.5, 0.6) is 11.8 Å². The Labute approximate surface area is 179 Å². The molecule has 0 spiro atoms. The van der Waals surface area contributed by atoms with Crippen LogP contribution in [0.25, 0.3) is 0 Å². The van der Waals surface area contributed by atoms with E-state index in [1.807, 2.05) is 37.3 Å². The first-order valence-electron chi connectivity index (χ1n) is 10.0. The van der Waals surface area contributed by atoms with Gasteiger partial charge in [0.1, 0.15) is 17.9 Å². The van der Waals surface area contributed by atoms with Crippen LogP contribution in [-0.4, -0.2) is 23.1 Å². The number of nitrogens with zero attached hydrogens (tertiary/aromatic N) is 3. The summed E-state index contributed by atoms with van der Waals surface area (Å²) in [5.74, 6) is 0.405. The third kappa shape index (κ3) is 5.87. The van der Waals surface area contributed by atoms with Crippen LogP contribution >= 0.6 is 0 Å². The maximum absolute atomic E-state index is 13.7. The van der Waals surface area contributed by atoms with Crippen molar-refractivity contribution in [2.45, 2.75) is 33.1 Å². The first-order chi connectivity index (χ1) is 14.9. The fourth-order valence-electron chi connectivity index (χ4n) is 2.95. The SMILES string of the molecule is CCCOc1ccc(N(CC)c2nc(OCc3ccccc3)ncc2C(F)(F)F)cc1. The predicted octanol–water partition coefficient (Wildman–Crippen LogP) is 6.02. The molecule has 0 amide bonds. The van der Waals surface area contributed by atoms with Gasteiger partial charge in [-0.15, -0.1) is 0 Å². The lowest BCUT2D eigenvalue weighted by Crippen LogP contribution is -2.23. The lowest BCUT2D eigenvalue weighted by Gasteiger charge is -2.25. The van der Waals surface area contributed by atoms with Gasteiger partial charge in [0.25, 0.3) is 0 Å². The Bertz CT molecular complexity index is 964. The van der Waals surface area contributed by atoms with Gasteiger partial charge >= 0.3 is 12.2 Å². The molecule has 164 valence electrons. The second-order valence-corrected chi connectivity index (χ2v) is 6.75. The van der Waals surface area contributed by atoms with E-state index in [1.165, 1.54) is 4.90 Å². The Balaban J connectivity index is 1.91. The molecule has 0 unspecified atom stereocenters. The van der Waals surface area contributed by atoms with Gasteiger partial charge in [0.05, 0.1) is 6.61 Å². The monoisotopic (exact) mass is 431 g/mol. The zero-order chi connectivity index (χ0) is 22.3. The van der Waals surface area contributed by atoms with Gasteiger partial charge in [0, 0.05) is 18.4 Å². The van der Waals surface area contributed by atoms with E-state index in [2.05, 4.69) is 9.97 Å². The normalized spacial score (nSPS) is 11.3. The number of anilines is 2. The van der Waals surface area contributed by atoms with Crippen LogP contribution in [0.4, 0.5) is 24.7 Å². The third-order valence-electron chi connectivity index (χ3n) is 4.46. The molecule has 2 aromatic carbocycles. The molecule has 0 fully saturated rings. The van der Waals surface area contributed by atoms with Gasteiger partial charge in [-0.1, -0.05) is 37.3 Å². The number of aromatic nitrogens is 2. The molecule has 0 saturated carbocycles. The topological polar surface area (TPSA) is 47.5 Å². The Morgan fingerprint density at radius 1 is 0.935 bits per heavy atom. The van der Waals surface area contributed by atoms with E-state index >= 15 is 0 Å². The van der Waals surface area contributed by atoms with Crippen LogP contribution in [0.3, 0.4) is 0 Å². The second-order valence-electron chi connectivity index (χ2n) is 6.75. The van der Waals surface area contributed by atoms with E-state index in [9.17, 15) is 13.2 Å². The van der Waals surface area contributed by atoms with E-state index in [0.29, 0.717) is 18.0 Å². The molecule has 0 N–H and O–H groups in total. The van der Waals surface area contributed by atoms with Crippen molar-refractivity contribution in [1.29, 1.82) is 0 Å². The number of halogens is 3. The van der Waals surface area contributed by atoms with Crippen LogP contribution in [-0.2, 0) is 12.8 Å². The van der Waals surface area contributed by atoms with E-state index in [0.717, 1.165) is 18.2 Å². The summed E-state index contributed by atoms with van der Waals surface area (Å²) < 4.78 is 52.2. The van der Waals surface area contributed by atoms with Crippen LogP contribution in [0.1, 0.15) is 31.4 Å². The molecule has 0 atom stereocenters. The third-order valence-corrected chi connectivity index (χ3v) is 4.46. The highest BCUT2D eigenvalue weighted by atomic mass is 19.4. The molecule has 0 saturated heterocycles. The van der Waals surface area contributed by atoms with Gasteiger partial charge in [0.15, 0.2) is 5.82 Å². The average Bonchev–Trinajstić information content (AvgIpc) is 2.78. The highest BCUT2D eigenvalue weighted by Crippen LogP contribution is 2.38. The lowest BCUT2D eigenvalue weighted by molar-refractivity contribution is -0.137. The van der Waals surface area contributed by atoms with Crippen LogP contribution in [0.15, 0.2) is 60.8 Å². The summed E-state index contributed by atoms with van der Waals surface area (Å²) in [5, 5.41) is 0. The first-order valence-corrected chi connectivity index (χ1v) is 10.0. The van der Waals surface area contributed by atoms with Crippen molar-refractivity contribution < 1.29 is 22.6 Å². The summed E-state index contributed by atoms with van der Waals surface area (Å²) in [7, 11) is 0. The minimum atomic E-state index is -4.61. The predicted molar refractivity (Wildman–Crippen MR) is 113 cm³/mol. The van der Waals surface area contributed by atoms with Crippen molar-refractivity contribution in [3.05, 3.63) is 71.9 Å². The lowest BCUT2D eigenvalue weighted by atomic mass is 10.2. The van der Waals surface area contributed by atoms with Gasteiger partial charge in [-0.2, -0.15) is 18.2 Å². The Kier molecular flexibility index (Phi) is 7.33. The molecule has 3 aromatic rings. The standard InChI is InChI=1S/C23H24F3N3O2/c1-3-14-30-19-12-10-18(11-13-19)29(4-2)21-20(23(24,25)26)15-27-22(28-21)31-16-17-8-6-5-7-9-17/h5-13,15H,3-4,14,16H2,1-2H3. The van der Waals surface area contributed by atoms with Crippen molar-refractivity contribution in [1.82, 2.24) is 9.97 Å². The minimum absolute atomic E-state index is 0.117. The molecule has 0 radical (unpaired) electrons. The van der Waals surface area contributed by atoms with Gasteiger partial charge in [-0.05, 0) is 43.2 Å². The summed E-state index contributed by atoms with van der Waals surface area (Å²) in [4.78, 5) is 9.37. The van der Waals surface area contributed by atoms with E-state index in [1.54, 1.807) is 31.2 Å². The zero-order valence-corrected chi connectivity index (χ0v) is 17.4. The number of ether oxygens (including phenoxy) is 2. The molecule has 0 aliphatic rings. The molecule has 0 aliphatic heterocycles. The quantitative estimate of drug-likeness (QED) is 0.415. The fraction of sp³-hybridized carbons (Fsp3) is 0.304. The Hall–Kier alpha value is -3.29. The zero-order valence-electron chi connectivity index (χ0n) is 17.4. The maximum atomic E-state index is 13.7. The summed E-state index contributed by atoms with van der Waals surface area (Å²) in [6, 6.07) is 16.0. The number of alkyl halides is 3. The molecule has 31 heavy (non-hydrogen) atoms. The van der Waals surface area contributed by atoms with Crippen LogP contribution < -0.4 is 14.4 Å². The Morgan fingerprint density at radius 3 is 2.26 bits per heavy atom. The minimum Gasteiger partial charge on any atom is -0.494 e. The second kappa shape index (κ2) is 10.1. The molecule has 1 heterocycles. The van der Waals surface area contributed by atoms with Crippen molar-refractivity contribution in [3.8, 4) is 11.8 Å². The average molecular weight is 431 g/mol. The number of hydrogen-bond acceptors (Lipinski definition) is 5. The number of hydrogen-bond donors (Lipinski definition) is 0. The van der Waals surface area contributed by atoms with Crippen molar-refractivity contribution >= 4 is 11.5 Å². The van der Waals surface area contributed by atoms with E-state index < -0.39 is 11.7 Å². The Morgan fingerprint density at radius 2 is 1.65 bits per heavy atom. The van der Waals surface area contributed by atoms with Crippen LogP contribution in [0, 0.1) is 0 Å². The molecule has 3 rings (SSSR count). The molecule has 0 bridgehead atoms. The van der Waals surface area contributed by atoms with Crippen molar-refractivity contribution in [3.63, 3.8) is 0 Å². The van der Waals surface area contributed by atoms with Crippen molar-refractivity contribution in [2.24, 2.45) is 0 Å². The summed E-state index contributed by atoms with van der Waals surface area (Å²) in [6.07, 6.45) is -2.97. The fourth-order valence-corrected chi connectivity index (χ4v) is 2.95. The highest BCUT2D eigenvalue weighted by Gasteiger charge is 2.37. The highest BCUT2D eigenvalue weighted by molar-refractivity contribution is 5.64. The van der Waals surface area contributed by atoms with Gasteiger partial charge in [-0.3, -0.25) is 0 Å². The molecule has 8 heteroatoms. The van der Waals surface area contributed by atoms with E-state index in [-0.39, 0.29) is 25.0 Å². The number of benzene rings is 2. The van der Waals surface area contributed by atoms with E-state index in [4.69, 9.17) is 9.47 Å². The summed E-state index contributed by atoms with van der Waals surface area (Å²) in [5.41, 5.74) is 0.500. The van der Waals surface area contributed by atoms with Gasteiger partial charge in [0.2, 0.25) is 0 Å². The largest absolute Gasteiger partial charge is 0.494 e. The summed E-state index contributed by atoms with van der Waals surface area (Å²) in [6.45, 7) is 4.75. The molecular formula is C23H24F3N3O2. The maximum Gasteiger partial charge on any atom is 0.421 e. The number of rotatable bonds is 9. The molecule has 1 aromatic heterocycles. The van der Waals surface area contributed by atoms with Gasteiger partial charge in [-0.25, -0.2) is 4.98 Å². The van der Waals surface area contributed by atoms with Crippen molar-refractivity contribution in [2.75, 3.05) is 18.1 Å². The van der Waals surface area contributed by atoms with Crippen LogP contribution in [0.2, 0.25) is 0 Å². The molecule has 5 nitrogen and oxygen atoms in total. The smallest absolute Gasteiger partial charge is 0.421 e. The molecular weight excluding hydrogens is 407 g/mol. The van der Waals surface area contributed by atoms with Gasteiger partial charge < -0.3 is 14.4 Å². The first kappa shape index (κ1) is 22.4. The molecule has 0 aliphatic carbocycles.